The normalized spacial score (nSPS) is 22.6. The van der Waals surface area contributed by atoms with Crippen LogP contribution in [0.3, 0.4) is 0 Å². The molecule has 2 atom stereocenters. The molecule has 2 aliphatic rings. The number of amides is 1. The number of sulfonamides is 1. The van der Waals surface area contributed by atoms with Crippen molar-refractivity contribution in [2.75, 3.05) is 17.3 Å². The molecular formula is C20H21FN2O5S3. The van der Waals surface area contributed by atoms with Crippen LogP contribution >= 0.6 is 11.8 Å². The van der Waals surface area contributed by atoms with Crippen LogP contribution in [0.1, 0.15) is 34.8 Å². The maximum absolute atomic E-state index is 13.7. The minimum Gasteiger partial charge on any atom is -0.345 e. The molecule has 1 amide bonds. The summed E-state index contributed by atoms with van der Waals surface area (Å²) in [5.41, 5.74) is 1.01. The summed E-state index contributed by atoms with van der Waals surface area (Å²) in [6.07, 6.45) is 0.900. The summed E-state index contributed by atoms with van der Waals surface area (Å²) >= 11 is 1.61. The van der Waals surface area contributed by atoms with E-state index in [1.165, 1.54) is 36.4 Å². The van der Waals surface area contributed by atoms with Gasteiger partial charge in [-0.25, -0.2) is 25.9 Å². The molecule has 7 nitrogen and oxygen atoms in total. The highest BCUT2D eigenvalue weighted by Crippen LogP contribution is 2.36. The monoisotopic (exact) mass is 484 g/mol. The molecule has 2 aromatic carbocycles. The van der Waals surface area contributed by atoms with Crippen molar-refractivity contribution >= 4 is 37.5 Å². The molecule has 2 aromatic rings. The van der Waals surface area contributed by atoms with Crippen LogP contribution < -0.4 is 10.0 Å². The predicted molar refractivity (Wildman–Crippen MR) is 116 cm³/mol. The molecule has 1 fully saturated rings. The van der Waals surface area contributed by atoms with E-state index in [9.17, 15) is 26.0 Å². The fourth-order valence-corrected chi connectivity index (χ4v) is 7.87. The van der Waals surface area contributed by atoms with Gasteiger partial charge in [-0.2, -0.15) is 0 Å². The second kappa shape index (κ2) is 8.53. The van der Waals surface area contributed by atoms with Crippen LogP contribution in [0.5, 0.6) is 0 Å². The molecule has 0 saturated carbocycles. The molecule has 1 saturated heterocycles. The Morgan fingerprint density at radius 1 is 1.10 bits per heavy atom. The second-order valence-electron chi connectivity index (χ2n) is 7.59. The minimum absolute atomic E-state index is 0.0357. The van der Waals surface area contributed by atoms with Crippen molar-refractivity contribution in [3.8, 4) is 0 Å². The van der Waals surface area contributed by atoms with E-state index in [4.69, 9.17) is 0 Å². The molecule has 0 spiro atoms. The number of hydrogen-bond donors (Lipinski definition) is 2. The van der Waals surface area contributed by atoms with Crippen molar-refractivity contribution in [2.45, 2.75) is 34.7 Å². The Hall–Kier alpha value is -1.95. The molecule has 31 heavy (non-hydrogen) atoms. The molecule has 2 N–H and O–H groups in total. The van der Waals surface area contributed by atoms with Gasteiger partial charge in [-0.15, -0.1) is 11.8 Å². The Kier molecular flexibility index (Phi) is 6.12. The maximum Gasteiger partial charge on any atom is 0.251 e. The van der Waals surface area contributed by atoms with Gasteiger partial charge in [0.25, 0.3) is 5.91 Å². The number of rotatable bonds is 5. The van der Waals surface area contributed by atoms with Gasteiger partial charge in [0.15, 0.2) is 9.84 Å². The second-order valence-corrected chi connectivity index (χ2v) is 12.7. The number of nitrogens with one attached hydrogen (secondary N) is 2. The number of carbonyl (C=O) groups excluding carboxylic acids is 1. The van der Waals surface area contributed by atoms with Gasteiger partial charge in [-0.1, -0.05) is 0 Å². The van der Waals surface area contributed by atoms with E-state index < -0.39 is 25.9 Å². The van der Waals surface area contributed by atoms with E-state index in [1.807, 2.05) is 0 Å². The first kappa shape index (κ1) is 22.3. The zero-order valence-electron chi connectivity index (χ0n) is 16.4. The SMILES string of the molecule is O=C(NC1CCSc2ccc(F)cc21)c1ccc(S(=O)(=O)NC2CCS(=O)(=O)C2)cc1. The van der Waals surface area contributed by atoms with Crippen molar-refractivity contribution in [3.63, 3.8) is 0 Å². The number of thioether (sulfide) groups is 1. The minimum atomic E-state index is -3.90. The van der Waals surface area contributed by atoms with Gasteiger partial charge in [-0.3, -0.25) is 4.79 Å². The van der Waals surface area contributed by atoms with Crippen LogP contribution in [0.4, 0.5) is 4.39 Å². The molecule has 11 heteroatoms. The van der Waals surface area contributed by atoms with Gasteiger partial charge in [0.05, 0.1) is 22.4 Å². The molecular weight excluding hydrogens is 463 g/mol. The van der Waals surface area contributed by atoms with Gasteiger partial charge < -0.3 is 5.32 Å². The van der Waals surface area contributed by atoms with Crippen molar-refractivity contribution in [2.24, 2.45) is 0 Å². The van der Waals surface area contributed by atoms with E-state index in [0.717, 1.165) is 16.2 Å². The number of carbonyl (C=O) groups is 1. The third-order valence-electron chi connectivity index (χ3n) is 5.30. The highest BCUT2D eigenvalue weighted by Gasteiger charge is 2.31. The molecule has 0 aliphatic carbocycles. The zero-order chi connectivity index (χ0) is 22.2. The third kappa shape index (κ3) is 5.11. The van der Waals surface area contributed by atoms with Crippen molar-refractivity contribution < 1.29 is 26.0 Å². The van der Waals surface area contributed by atoms with Crippen LogP contribution in [0, 0.1) is 5.82 Å². The highest BCUT2D eigenvalue weighted by atomic mass is 32.2. The summed E-state index contributed by atoms with van der Waals surface area (Å²) in [4.78, 5) is 13.6. The van der Waals surface area contributed by atoms with E-state index in [1.54, 1.807) is 17.8 Å². The van der Waals surface area contributed by atoms with Crippen LogP contribution in [-0.2, 0) is 19.9 Å². The molecule has 2 aliphatic heterocycles. The smallest absolute Gasteiger partial charge is 0.251 e. The number of sulfone groups is 1. The van der Waals surface area contributed by atoms with Gasteiger partial charge >= 0.3 is 0 Å². The first-order chi connectivity index (χ1) is 14.6. The van der Waals surface area contributed by atoms with Crippen LogP contribution in [0.25, 0.3) is 0 Å². The van der Waals surface area contributed by atoms with Gasteiger partial charge in [0.1, 0.15) is 5.82 Å². The fraction of sp³-hybridized carbons (Fsp3) is 0.350. The van der Waals surface area contributed by atoms with Crippen molar-refractivity contribution in [3.05, 3.63) is 59.4 Å². The molecule has 0 aromatic heterocycles. The first-order valence-corrected chi connectivity index (χ1v) is 14.0. The lowest BCUT2D eigenvalue weighted by Crippen LogP contribution is -2.35. The molecule has 0 bridgehead atoms. The average Bonchev–Trinajstić information content (AvgIpc) is 3.06. The number of fused-ring (bicyclic) bond motifs is 1. The van der Waals surface area contributed by atoms with Gasteiger partial charge in [0.2, 0.25) is 10.0 Å². The summed E-state index contributed by atoms with van der Waals surface area (Å²) in [6, 6.07) is 8.97. The van der Waals surface area contributed by atoms with Crippen molar-refractivity contribution in [1.82, 2.24) is 10.0 Å². The standard InChI is InChI=1S/C20H21FN2O5S3/c21-14-3-6-19-17(11-14)18(7-9-29-19)22-20(24)13-1-4-16(5-2-13)31(27,28)23-15-8-10-30(25,26)12-15/h1-6,11,15,18,23H,7-10,12H2,(H,22,24). The zero-order valence-corrected chi connectivity index (χ0v) is 18.8. The van der Waals surface area contributed by atoms with Crippen LogP contribution in [-0.4, -0.2) is 46.0 Å². The Morgan fingerprint density at radius 2 is 1.84 bits per heavy atom. The number of hydrogen-bond acceptors (Lipinski definition) is 6. The third-order valence-corrected chi connectivity index (χ3v) is 9.72. The van der Waals surface area contributed by atoms with E-state index in [0.29, 0.717) is 6.42 Å². The molecule has 166 valence electrons. The largest absolute Gasteiger partial charge is 0.345 e. The van der Waals surface area contributed by atoms with Crippen LogP contribution in [0.15, 0.2) is 52.3 Å². The van der Waals surface area contributed by atoms with E-state index in [-0.39, 0.29) is 46.2 Å². The molecule has 4 rings (SSSR count). The summed E-state index contributed by atoms with van der Waals surface area (Å²) < 4.78 is 64.2. The fourth-order valence-electron chi connectivity index (χ4n) is 3.72. The Balaban J connectivity index is 1.45. The van der Waals surface area contributed by atoms with E-state index >= 15 is 0 Å². The predicted octanol–water partition coefficient (Wildman–Crippen LogP) is 2.26. The topological polar surface area (TPSA) is 109 Å². The molecule has 0 radical (unpaired) electrons. The molecule has 2 heterocycles. The van der Waals surface area contributed by atoms with Gasteiger partial charge in [-0.05, 0) is 60.9 Å². The first-order valence-electron chi connectivity index (χ1n) is 9.69. The summed E-state index contributed by atoms with van der Waals surface area (Å²) in [5, 5.41) is 2.89. The summed E-state index contributed by atoms with van der Waals surface area (Å²) in [6.45, 7) is 0. The molecule has 2 unspecified atom stereocenters. The number of halogens is 1. The Labute approximate surface area is 184 Å². The lowest BCUT2D eigenvalue weighted by molar-refractivity contribution is 0.0934. The lowest BCUT2D eigenvalue weighted by atomic mass is 10.0. The van der Waals surface area contributed by atoms with Crippen molar-refractivity contribution in [1.29, 1.82) is 0 Å². The lowest BCUT2D eigenvalue weighted by Gasteiger charge is -2.26. The van der Waals surface area contributed by atoms with Crippen LogP contribution in [0.2, 0.25) is 0 Å². The highest BCUT2D eigenvalue weighted by molar-refractivity contribution is 7.99. The summed E-state index contributed by atoms with van der Waals surface area (Å²) in [7, 11) is -7.11. The van der Waals surface area contributed by atoms with Gasteiger partial charge in [0, 0.05) is 22.3 Å². The quantitative estimate of drug-likeness (QED) is 0.674. The Morgan fingerprint density at radius 3 is 2.52 bits per heavy atom. The number of benzene rings is 2. The summed E-state index contributed by atoms with van der Waals surface area (Å²) in [5.74, 6) is -0.201. The maximum atomic E-state index is 13.7. The Bertz CT molecular complexity index is 1210. The van der Waals surface area contributed by atoms with E-state index in [2.05, 4.69) is 10.0 Å². The average molecular weight is 485 g/mol.